The molecular formula is C23H23F2N3O4. The maximum atomic E-state index is 13.2. The topological polar surface area (TPSA) is 85.5 Å². The van der Waals surface area contributed by atoms with Gasteiger partial charge in [0.25, 0.3) is 0 Å². The van der Waals surface area contributed by atoms with Crippen LogP contribution in [0.15, 0.2) is 36.1 Å². The molecule has 0 saturated carbocycles. The minimum Gasteiger partial charge on any atom is -0.501 e. The van der Waals surface area contributed by atoms with Gasteiger partial charge in [0.2, 0.25) is 11.9 Å². The van der Waals surface area contributed by atoms with Crippen LogP contribution in [-0.2, 0) is 9.53 Å². The van der Waals surface area contributed by atoms with Crippen molar-refractivity contribution in [3.05, 3.63) is 52.8 Å². The monoisotopic (exact) mass is 443 g/mol. The van der Waals surface area contributed by atoms with Gasteiger partial charge in [0, 0.05) is 18.6 Å². The fourth-order valence-electron chi connectivity index (χ4n) is 3.50. The predicted molar refractivity (Wildman–Crippen MR) is 116 cm³/mol. The number of fused-ring (bicyclic) bond motifs is 2. The summed E-state index contributed by atoms with van der Waals surface area (Å²) in [5, 5.41) is 2.74. The molecular weight excluding hydrogens is 420 g/mol. The number of amides is 1. The molecule has 3 aromatic rings. The van der Waals surface area contributed by atoms with Crippen molar-refractivity contribution in [3.63, 3.8) is 0 Å². The van der Waals surface area contributed by atoms with E-state index in [-0.39, 0.29) is 23.4 Å². The third-order valence-electron chi connectivity index (χ3n) is 5.36. The van der Waals surface area contributed by atoms with Crippen molar-refractivity contribution in [3.8, 4) is 11.5 Å². The van der Waals surface area contributed by atoms with Gasteiger partial charge < -0.3 is 19.2 Å². The predicted octanol–water partition coefficient (Wildman–Crippen LogP) is 5.33. The van der Waals surface area contributed by atoms with Gasteiger partial charge in [0.05, 0.1) is 29.8 Å². The number of rotatable bonds is 6. The number of carbonyl (C=O) groups excluding carboxylic acids is 1. The van der Waals surface area contributed by atoms with Crippen LogP contribution >= 0.6 is 0 Å². The largest absolute Gasteiger partial charge is 0.586 e. The number of aromatic amines is 1. The van der Waals surface area contributed by atoms with E-state index in [2.05, 4.69) is 24.8 Å². The summed E-state index contributed by atoms with van der Waals surface area (Å²) in [7, 11) is 1.65. The van der Waals surface area contributed by atoms with E-state index < -0.39 is 12.2 Å². The number of anilines is 1. The highest BCUT2D eigenvalue weighted by Gasteiger charge is 2.43. The molecule has 7 nitrogen and oxygen atoms in total. The number of methoxy groups -OCH3 is 1. The van der Waals surface area contributed by atoms with E-state index in [4.69, 9.17) is 4.74 Å². The minimum absolute atomic E-state index is 0.0956. The molecule has 4 rings (SSSR count). The van der Waals surface area contributed by atoms with Crippen LogP contribution in [-0.4, -0.2) is 29.3 Å². The van der Waals surface area contributed by atoms with E-state index >= 15 is 0 Å². The van der Waals surface area contributed by atoms with Crippen LogP contribution in [0.5, 0.6) is 11.5 Å². The number of hydrogen-bond acceptors (Lipinski definition) is 5. The number of imidazole rings is 1. The number of aromatic nitrogens is 2. The summed E-state index contributed by atoms with van der Waals surface area (Å²) < 4.78 is 40.6. The Morgan fingerprint density at radius 1 is 1.28 bits per heavy atom. The van der Waals surface area contributed by atoms with Crippen molar-refractivity contribution < 1.29 is 27.8 Å². The number of hydrogen-bond donors (Lipinski definition) is 2. The van der Waals surface area contributed by atoms with Crippen LogP contribution in [0.4, 0.5) is 14.7 Å². The molecule has 168 valence electrons. The molecule has 0 bridgehead atoms. The van der Waals surface area contributed by atoms with E-state index in [1.165, 1.54) is 12.1 Å². The Kier molecular flexibility index (Phi) is 5.50. The SMILES string of the molecule is CCC(=Cc1ccc(C(C)C(=O)Nc2nc3cc4c(cc3[nH]2)OC(F)(F)O4)cc1C)OC. The summed E-state index contributed by atoms with van der Waals surface area (Å²) >= 11 is 0. The van der Waals surface area contributed by atoms with E-state index in [0.29, 0.717) is 11.0 Å². The average Bonchev–Trinajstić information content (AvgIpc) is 3.26. The van der Waals surface area contributed by atoms with E-state index in [1.807, 2.05) is 38.1 Å². The Labute approximate surface area is 183 Å². The van der Waals surface area contributed by atoms with Crippen molar-refractivity contribution in [2.75, 3.05) is 12.4 Å². The van der Waals surface area contributed by atoms with E-state index in [1.54, 1.807) is 14.0 Å². The molecule has 1 aliphatic heterocycles. The molecule has 9 heteroatoms. The number of H-pyrrole nitrogens is 1. The summed E-state index contributed by atoms with van der Waals surface area (Å²) in [6.45, 7) is 5.80. The number of halogens is 2. The van der Waals surface area contributed by atoms with Crippen molar-refractivity contribution >= 4 is 29.0 Å². The van der Waals surface area contributed by atoms with E-state index in [0.717, 1.165) is 28.9 Å². The second kappa shape index (κ2) is 8.14. The molecule has 0 fully saturated rings. The van der Waals surface area contributed by atoms with E-state index in [9.17, 15) is 13.6 Å². The van der Waals surface area contributed by atoms with Gasteiger partial charge in [0.1, 0.15) is 0 Å². The number of aryl methyl sites for hydroxylation is 1. The van der Waals surface area contributed by atoms with Gasteiger partial charge in [-0.15, -0.1) is 8.78 Å². The number of allylic oxidation sites excluding steroid dienone is 1. The molecule has 0 radical (unpaired) electrons. The lowest BCUT2D eigenvalue weighted by molar-refractivity contribution is -0.286. The minimum atomic E-state index is -3.70. The van der Waals surface area contributed by atoms with Gasteiger partial charge >= 0.3 is 6.29 Å². The fraction of sp³-hybridized carbons (Fsp3) is 0.304. The quantitative estimate of drug-likeness (QED) is 0.503. The molecule has 0 spiro atoms. The zero-order valence-corrected chi connectivity index (χ0v) is 18.1. The summed E-state index contributed by atoms with van der Waals surface area (Å²) in [4.78, 5) is 19.9. The summed E-state index contributed by atoms with van der Waals surface area (Å²) in [5.41, 5.74) is 3.71. The number of ether oxygens (including phenoxy) is 3. The lowest BCUT2D eigenvalue weighted by Gasteiger charge is -2.13. The Bertz CT molecular complexity index is 1170. The Balaban J connectivity index is 1.50. The number of benzene rings is 2. The van der Waals surface area contributed by atoms with Crippen LogP contribution in [0.25, 0.3) is 17.1 Å². The molecule has 2 N–H and O–H groups in total. The molecule has 2 heterocycles. The number of carbonyl (C=O) groups is 1. The molecule has 1 atom stereocenters. The van der Waals surface area contributed by atoms with Gasteiger partial charge in [-0.25, -0.2) is 4.98 Å². The lowest BCUT2D eigenvalue weighted by Crippen LogP contribution is -2.25. The van der Waals surface area contributed by atoms with Gasteiger partial charge in [-0.3, -0.25) is 10.1 Å². The fourth-order valence-corrected chi connectivity index (χ4v) is 3.50. The van der Waals surface area contributed by atoms with Gasteiger partial charge in [0.15, 0.2) is 11.5 Å². The third-order valence-corrected chi connectivity index (χ3v) is 5.36. The molecule has 0 saturated heterocycles. The first-order valence-corrected chi connectivity index (χ1v) is 10.1. The maximum Gasteiger partial charge on any atom is 0.586 e. The second-order valence-corrected chi connectivity index (χ2v) is 7.56. The highest BCUT2D eigenvalue weighted by atomic mass is 19.3. The zero-order valence-electron chi connectivity index (χ0n) is 18.1. The van der Waals surface area contributed by atoms with Gasteiger partial charge in [-0.1, -0.05) is 25.1 Å². The average molecular weight is 443 g/mol. The highest BCUT2D eigenvalue weighted by molar-refractivity contribution is 5.96. The third kappa shape index (κ3) is 4.23. The van der Waals surface area contributed by atoms with Crippen molar-refractivity contribution in [1.29, 1.82) is 0 Å². The van der Waals surface area contributed by atoms with Crippen LogP contribution in [0.3, 0.4) is 0 Å². The first-order chi connectivity index (χ1) is 15.2. The molecule has 2 aromatic carbocycles. The lowest BCUT2D eigenvalue weighted by atomic mass is 9.95. The van der Waals surface area contributed by atoms with Crippen LogP contribution in [0.2, 0.25) is 0 Å². The summed E-state index contributed by atoms with van der Waals surface area (Å²) in [6, 6.07) is 8.53. The molecule has 1 unspecified atom stereocenters. The van der Waals surface area contributed by atoms with Crippen molar-refractivity contribution in [1.82, 2.24) is 9.97 Å². The molecule has 1 amide bonds. The summed E-state index contributed by atoms with van der Waals surface area (Å²) in [5.74, 6) is 0.178. The smallest absolute Gasteiger partial charge is 0.501 e. The first-order valence-electron chi connectivity index (χ1n) is 10.1. The second-order valence-electron chi connectivity index (χ2n) is 7.56. The van der Waals surface area contributed by atoms with Crippen LogP contribution in [0.1, 0.15) is 42.9 Å². The van der Waals surface area contributed by atoms with Crippen molar-refractivity contribution in [2.45, 2.75) is 39.4 Å². The molecule has 1 aliphatic rings. The van der Waals surface area contributed by atoms with Crippen LogP contribution < -0.4 is 14.8 Å². The molecule has 32 heavy (non-hydrogen) atoms. The maximum absolute atomic E-state index is 13.2. The zero-order chi connectivity index (χ0) is 23.0. The van der Waals surface area contributed by atoms with Gasteiger partial charge in [-0.2, -0.15) is 0 Å². The Morgan fingerprint density at radius 2 is 2.00 bits per heavy atom. The number of nitrogens with one attached hydrogen (secondary N) is 2. The highest BCUT2D eigenvalue weighted by Crippen LogP contribution is 2.43. The van der Waals surface area contributed by atoms with Crippen molar-refractivity contribution in [2.24, 2.45) is 0 Å². The Morgan fingerprint density at radius 3 is 2.66 bits per heavy atom. The number of alkyl halides is 2. The Hall–Kier alpha value is -3.62. The normalized spacial score (nSPS) is 15.6. The number of nitrogens with zero attached hydrogens (tertiary/aromatic N) is 1. The van der Waals surface area contributed by atoms with Crippen LogP contribution in [0, 0.1) is 6.92 Å². The van der Waals surface area contributed by atoms with Gasteiger partial charge in [-0.05, 0) is 36.6 Å². The first kappa shape index (κ1) is 21.6. The summed E-state index contributed by atoms with van der Waals surface area (Å²) in [6.07, 6.45) is -0.921. The molecule has 1 aromatic heterocycles. The standard InChI is InChI=1S/C23H23F2N3O4/c1-5-16(30-4)9-14-6-7-15(8-12(14)2)13(3)21(29)28-22-26-17-10-19-20(11-18(17)27-22)32-23(24,25)31-19/h6-11,13H,5H2,1-4H3,(H2,26,27,28,29). The molecule has 0 aliphatic carbocycles.